The van der Waals surface area contributed by atoms with Crippen molar-refractivity contribution < 1.29 is 8.42 Å². The van der Waals surface area contributed by atoms with Gasteiger partial charge in [0.25, 0.3) is 0 Å². The van der Waals surface area contributed by atoms with Crippen molar-refractivity contribution in [2.24, 2.45) is 11.7 Å². The van der Waals surface area contributed by atoms with Crippen LogP contribution in [0.25, 0.3) is 0 Å². The lowest BCUT2D eigenvalue weighted by Gasteiger charge is -2.31. The summed E-state index contributed by atoms with van der Waals surface area (Å²) in [5.41, 5.74) is 6.30. The summed E-state index contributed by atoms with van der Waals surface area (Å²) in [5, 5.41) is 0.410. The Morgan fingerprint density at radius 1 is 1.40 bits per heavy atom. The minimum Gasteiger partial charge on any atom is -0.326 e. The van der Waals surface area contributed by atoms with Gasteiger partial charge in [-0.2, -0.15) is 4.31 Å². The van der Waals surface area contributed by atoms with Gasteiger partial charge in [0.2, 0.25) is 10.0 Å². The Hall–Kier alpha value is -0.620. The monoisotopic (exact) mass is 316 g/mol. The van der Waals surface area contributed by atoms with Crippen molar-refractivity contribution in [3.05, 3.63) is 28.8 Å². The Kier molecular flexibility index (Phi) is 5.07. The van der Waals surface area contributed by atoms with Gasteiger partial charge in [0, 0.05) is 24.7 Å². The Morgan fingerprint density at radius 2 is 2.10 bits per heavy atom. The molecule has 112 valence electrons. The van der Waals surface area contributed by atoms with E-state index < -0.39 is 10.0 Å². The predicted octanol–water partition coefficient (Wildman–Crippen LogP) is 2.61. The molecule has 1 aromatic rings. The molecule has 0 radical (unpaired) electrons. The first-order valence-corrected chi connectivity index (χ1v) is 8.79. The van der Waals surface area contributed by atoms with E-state index in [1.807, 2.05) is 6.92 Å². The minimum absolute atomic E-state index is 0.251. The van der Waals surface area contributed by atoms with Crippen LogP contribution in [0.5, 0.6) is 0 Å². The standard InChI is InChI=1S/C14H21ClN2O2S/c1-2-17(10-11-4-3-5-11)20(18,19)13-7-6-12(9-16)14(15)8-13/h6-8,11H,2-5,9-10,16H2,1H3. The van der Waals surface area contributed by atoms with E-state index >= 15 is 0 Å². The summed E-state index contributed by atoms with van der Waals surface area (Å²) < 4.78 is 26.8. The highest BCUT2D eigenvalue weighted by Gasteiger charge is 2.28. The lowest BCUT2D eigenvalue weighted by Crippen LogP contribution is -2.37. The van der Waals surface area contributed by atoms with Crippen LogP contribution >= 0.6 is 11.6 Å². The summed E-state index contributed by atoms with van der Waals surface area (Å²) in [4.78, 5) is 0.251. The topological polar surface area (TPSA) is 63.4 Å². The highest BCUT2D eigenvalue weighted by Crippen LogP contribution is 2.30. The Morgan fingerprint density at radius 3 is 2.55 bits per heavy atom. The average Bonchev–Trinajstić information content (AvgIpc) is 2.37. The number of sulfonamides is 1. The smallest absolute Gasteiger partial charge is 0.243 e. The molecule has 0 heterocycles. The molecule has 0 unspecified atom stereocenters. The molecular formula is C14H21ClN2O2S. The third-order valence-corrected chi connectivity index (χ3v) is 6.21. The number of benzene rings is 1. The first-order valence-electron chi connectivity index (χ1n) is 6.97. The van der Waals surface area contributed by atoms with E-state index in [4.69, 9.17) is 17.3 Å². The zero-order valence-electron chi connectivity index (χ0n) is 11.7. The zero-order chi connectivity index (χ0) is 14.8. The summed E-state index contributed by atoms with van der Waals surface area (Å²) in [7, 11) is -3.46. The third kappa shape index (κ3) is 3.17. The number of hydrogen-bond acceptors (Lipinski definition) is 3. The second kappa shape index (κ2) is 6.43. The van der Waals surface area contributed by atoms with Gasteiger partial charge < -0.3 is 5.73 Å². The molecule has 0 aliphatic heterocycles. The molecule has 0 amide bonds. The van der Waals surface area contributed by atoms with E-state index in [-0.39, 0.29) is 4.90 Å². The summed E-state index contributed by atoms with van der Waals surface area (Å²) >= 11 is 6.06. The molecule has 0 bridgehead atoms. The fourth-order valence-electron chi connectivity index (χ4n) is 2.36. The molecule has 0 atom stereocenters. The van der Waals surface area contributed by atoms with E-state index in [1.165, 1.54) is 12.5 Å². The van der Waals surface area contributed by atoms with Crippen LogP contribution in [0.4, 0.5) is 0 Å². The minimum atomic E-state index is -3.46. The summed E-state index contributed by atoms with van der Waals surface area (Å²) in [6, 6.07) is 4.78. The molecule has 1 fully saturated rings. The van der Waals surface area contributed by atoms with Crippen LogP contribution in [0.3, 0.4) is 0 Å². The molecule has 0 aromatic heterocycles. The van der Waals surface area contributed by atoms with Crippen LogP contribution < -0.4 is 5.73 Å². The SMILES string of the molecule is CCN(CC1CCC1)S(=O)(=O)c1ccc(CN)c(Cl)c1. The Bertz CT molecular complexity index is 571. The van der Waals surface area contributed by atoms with E-state index in [0.29, 0.717) is 30.6 Å². The van der Waals surface area contributed by atoms with Gasteiger partial charge in [0.15, 0.2) is 0 Å². The van der Waals surface area contributed by atoms with Crippen molar-refractivity contribution in [1.82, 2.24) is 4.31 Å². The summed E-state index contributed by atoms with van der Waals surface area (Å²) in [6.07, 6.45) is 3.46. The van der Waals surface area contributed by atoms with Crippen LogP contribution in [-0.2, 0) is 16.6 Å². The molecular weight excluding hydrogens is 296 g/mol. The molecule has 1 aliphatic rings. The fourth-order valence-corrected chi connectivity index (χ4v) is 4.24. The highest BCUT2D eigenvalue weighted by molar-refractivity contribution is 7.89. The maximum atomic E-state index is 12.6. The molecule has 1 saturated carbocycles. The average molecular weight is 317 g/mol. The Labute approximate surface area is 126 Å². The lowest BCUT2D eigenvalue weighted by molar-refractivity contribution is 0.250. The number of hydrogen-bond donors (Lipinski definition) is 1. The van der Waals surface area contributed by atoms with Gasteiger partial charge in [-0.1, -0.05) is 31.0 Å². The molecule has 0 spiro atoms. The van der Waals surface area contributed by atoms with Gasteiger partial charge in [-0.15, -0.1) is 0 Å². The normalized spacial score (nSPS) is 16.4. The molecule has 0 saturated heterocycles. The van der Waals surface area contributed by atoms with Crippen molar-refractivity contribution in [2.75, 3.05) is 13.1 Å². The first kappa shape index (κ1) is 15.8. The molecule has 1 aromatic carbocycles. The largest absolute Gasteiger partial charge is 0.326 e. The molecule has 1 aliphatic carbocycles. The highest BCUT2D eigenvalue weighted by atomic mass is 35.5. The second-order valence-electron chi connectivity index (χ2n) is 5.21. The zero-order valence-corrected chi connectivity index (χ0v) is 13.3. The lowest BCUT2D eigenvalue weighted by atomic mass is 9.85. The molecule has 4 nitrogen and oxygen atoms in total. The number of halogens is 1. The molecule has 20 heavy (non-hydrogen) atoms. The van der Waals surface area contributed by atoms with E-state index in [0.717, 1.165) is 18.4 Å². The van der Waals surface area contributed by atoms with Crippen molar-refractivity contribution in [1.29, 1.82) is 0 Å². The van der Waals surface area contributed by atoms with Crippen LogP contribution in [0, 0.1) is 5.92 Å². The van der Waals surface area contributed by atoms with Gasteiger partial charge in [0.05, 0.1) is 4.90 Å². The van der Waals surface area contributed by atoms with Crippen LogP contribution in [0.15, 0.2) is 23.1 Å². The second-order valence-corrected chi connectivity index (χ2v) is 7.56. The van der Waals surface area contributed by atoms with E-state index in [2.05, 4.69) is 0 Å². The maximum absolute atomic E-state index is 12.6. The molecule has 2 rings (SSSR count). The van der Waals surface area contributed by atoms with Crippen LogP contribution in [0.2, 0.25) is 5.02 Å². The van der Waals surface area contributed by atoms with Crippen LogP contribution in [0.1, 0.15) is 31.7 Å². The molecule has 2 N–H and O–H groups in total. The predicted molar refractivity (Wildman–Crippen MR) is 81.1 cm³/mol. The molecule has 6 heteroatoms. The third-order valence-electron chi connectivity index (χ3n) is 3.92. The summed E-state index contributed by atoms with van der Waals surface area (Å²) in [5.74, 6) is 0.503. The van der Waals surface area contributed by atoms with Crippen molar-refractivity contribution in [2.45, 2.75) is 37.6 Å². The number of nitrogens with two attached hydrogens (primary N) is 1. The van der Waals surface area contributed by atoms with Crippen LogP contribution in [-0.4, -0.2) is 25.8 Å². The van der Waals surface area contributed by atoms with Gasteiger partial charge in [-0.3, -0.25) is 0 Å². The van der Waals surface area contributed by atoms with Gasteiger partial charge in [0.1, 0.15) is 0 Å². The van der Waals surface area contributed by atoms with Gasteiger partial charge in [-0.05, 0) is 36.5 Å². The number of nitrogens with zero attached hydrogens (tertiary/aromatic N) is 1. The Balaban J connectivity index is 2.24. The maximum Gasteiger partial charge on any atom is 0.243 e. The van der Waals surface area contributed by atoms with Crippen molar-refractivity contribution in [3.8, 4) is 0 Å². The quantitative estimate of drug-likeness (QED) is 0.877. The fraction of sp³-hybridized carbons (Fsp3) is 0.571. The van der Waals surface area contributed by atoms with E-state index in [9.17, 15) is 8.42 Å². The van der Waals surface area contributed by atoms with Gasteiger partial charge in [-0.25, -0.2) is 8.42 Å². The number of rotatable bonds is 6. The van der Waals surface area contributed by atoms with Crippen molar-refractivity contribution in [3.63, 3.8) is 0 Å². The van der Waals surface area contributed by atoms with Crippen molar-refractivity contribution >= 4 is 21.6 Å². The summed E-state index contributed by atoms with van der Waals surface area (Å²) in [6.45, 7) is 3.26. The van der Waals surface area contributed by atoms with Gasteiger partial charge >= 0.3 is 0 Å². The first-order chi connectivity index (χ1) is 9.48. The van der Waals surface area contributed by atoms with E-state index in [1.54, 1.807) is 16.4 Å².